The van der Waals surface area contributed by atoms with Gasteiger partial charge in [0.25, 0.3) is 0 Å². The van der Waals surface area contributed by atoms with Crippen molar-refractivity contribution >= 4 is 22.6 Å². The van der Waals surface area contributed by atoms with Crippen molar-refractivity contribution in [3.63, 3.8) is 0 Å². The van der Waals surface area contributed by atoms with Gasteiger partial charge in [-0.05, 0) is 44.0 Å². The van der Waals surface area contributed by atoms with Crippen LogP contribution in [-0.2, 0) is 6.54 Å². The predicted octanol–water partition coefficient (Wildman–Crippen LogP) is 3.89. The fraction of sp³-hybridized carbons (Fsp3) is 0.250. The van der Waals surface area contributed by atoms with Crippen LogP contribution in [0.25, 0.3) is 11.0 Å². The van der Waals surface area contributed by atoms with E-state index in [2.05, 4.69) is 24.4 Å². The minimum Gasteiger partial charge on any atom is -0.422 e. The molecule has 0 fully saturated rings. The summed E-state index contributed by atoms with van der Waals surface area (Å²) in [7, 11) is 0. The molecule has 2 aromatic carbocycles. The lowest BCUT2D eigenvalue weighted by atomic mass is 10.0. The molecule has 1 atom stereocenters. The Morgan fingerprint density at radius 1 is 1.17 bits per heavy atom. The zero-order chi connectivity index (χ0) is 17.3. The van der Waals surface area contributed by atoms with Gasteiger partial charge in [0.2, 0.25) is 0 Å². The summed E-state index contributed by atoms with van der Waals surface area (Å²) in [5.41, 5.74) is 4.71. The highest BCUT2D eigenvalue weighted by Gasteiger charge is 2.13. The quantitative estimate of drug-likeness (QED) is 0.731. The molecule has 0 unspecified atom stereocenters. The second kappa shape index (κ2) is 6.80. The number of fused-ring (bicyclic) bond motifs is 1. The maximum atomic E-state index is 11.9. The fourth-order valence-electron chi connectivity index (χ4n) is 2.92. The Morgan fingerprint density at radius 2 is 1.96 bits per heavy atom. The van der Waals surface area contributed by atoms with Crippen molar-refractivity contribution in [3.8, 4) is 0 Å². The van der Waals surface area contributed by atoms with Crippen LogP contribution in [-0.4, -0.2) is 0 Å². The Hall–Kier alpha value is -2.10. The molecule has 1 aromatic heterocycles. The van der Waals surface area contributed by atoms with Crippen molar-refractivity contribution in [2.24, 2.45) is 0 Å². The molecular formula is C20H21ClNO2+. The predicted molar refractivity (Wildman–Crippen MR) is 97.5 cm³/mol. The molecule has 0 bridgehead atoms. The molecule has 0 saturated heterocycles. The molecule has 0 aliphatic heterocycles. The van der Waals surface area contributed by atoms with Crippen LogP contribution >= 0.6 is 11.6 Å². The number of quaternary nitrogens is 1. The number of benzene rings is 2. The van der Waals surface area contributed by atoms with Crippen molar-refractivity contribution in [2.45, 2.75) is 33.4 Å². The van der Waals surface area contributed by atoms with Gasteiger partial charge in [-0.3, -0.25) is 0 Å². The van der Waals surface area contributed by atoms with Crippen LogP contribution in [0.2, 0.25) is 5.02 Å². The molecule has 2 N–H and O–H groups in total. The zero-order valence-corrected chi connectivity index (χ0v) is 14.9. The molecule has 0 aliphatic carbocycles. The van der Waals surface area contributed by atoms with Gasteiger partial charge < -0.3 is 9.73 Å². The summed E-state index contributed by atoms with van der Waals surface area (Å²) < 4.78 is 5.43. The van der Waals surface area contributed by atoms with Crippen molar-refractivity contribution in [2.75, 3.05) is 0 Å². The first kappa shape index (κ1) is 16.7. The molecule has 0 aliphatic rings. The number of halogens is 1. The van der Waals surface area contributed by atoms with E-state index in [0.29, 0.717) is 12.1 Å². The van der Waals surface area contributed by atoms with Gasteiger partial charge >= 0.3 is 5.63 Å². The molecule has 24 heavy (non-hydrogen) atoms. The van der Waals surface area contributed by atoms with E-state index >= 15 is 0 Å². The highest BCUT2D eigenvalue weighted by molar-refractivity contribution is 6.30. The fourth-order valence-corrected chi connectivity index (χ4v) is 3.12. The maximum Gasteiger partial charge on any atom is 0.336 e. The van der Waals surface area contributed by atoms with Crippen molar-refractivity contribution in [3.05, 3.63) is 80.2 Å². The third-order valence-electron chi connectivity index (χ3n) is 4.58. The number of aryl methyl sites for hydroxylation is 2. The average Bonchev–Trinajstić information content (AvgIpc) is 2.56. The molecule has 0 radical (unpaired) electrons. The third-order valence-corrected chi connectivity index (χ3v) is 4.82. The minimum atomic E-state index is -0.296. The summed E-state index contributed by atoms with van der Waals surface area (Å²) in [4.78, 5) is 11.9. The van der Waals surface area contributed by atoms with E-state index in [0.717, 1.165) is 27.1 Å². The number of hydrogen-bond donors (Lipinski definition) is 1. The maximum absolute atomic E-state index is 11.9. The van der Waals surface area contributed by atoms with Crippen LogP contribution in [0.5, 0.6) is 0 Å². The second-order valence-corrected chi connectivity index (χ2v) is 6.69. The number of rotatable bonds is 4. The summed E-state index contributed by atoms with van der Waals surface area (Å²) in [6, 6.07) is 13.8. The van der Waals surface area contributed by atoms with Crippen LogP contribution in [0, 0.1) is 13.8 Å². The SMILES string of the molecule is Cc1ccc2c(C[NH2+][C@@H](C)c3cccc(Cl)c3)cc(=O)oc2c1C. The summed E-state index contributed by atoms with van der Waals surface area (Å²) in [6.45, 7) is 6.85. The van der Waals surface area contributed by atoms with E-state index in [1.54, 1.807) is 6.07 Å². The Bertz CT molecular complexity index is 946. The normalized spacial score (nSPS) is 12.5. The molecule has 3 aromatic rings. The van der Waals surface area contributed by atoms with Gasteiger partial charge in [-0.25, -0.2) is 4.79 Å². The highest BCUT2D eigenvalue weighted by atomic mass is 35.5. The molecule has 0 saturated carbocycles. The van der Waals surface area contributed by atoms with Crippen LogP contribution in [0.3, 0.4) is 0 Å². The van der Waals surface area contributed by atoms with Crippen LogP contribution in [0.4, 0.5) is 0 Å². The Balaban J connectivity index is 1.90. The van der Waals surface area contributed by atoms with Crippen molar-refractivity contribution in [1.29, 1.82) is 0 Å². The van der Waals surface area contributed by atoms with Gasteiger partial charge in [-0.1, -0.05) is 35.9 Å². The van der Waals surface area contributed by atoms with Gasteiger partial charge in [0.15, 0.2) is 0 Å². The molecule has 3 nitrogen and oxygen atoms in total. The van der Waals surface area contributed by atoms with Crippen molar-refractivity contribution in [1.82, 2.24) is 0 Å². The van der Waals surface area contributed by atoms with E-state index in [9.17, 15) is 4.79 Å². The average molecular weight is 343 g/mol. The third kappa shape index (κ3) is 3.37. The highest BCUT2D eigenvalue weighted by Crippen LogP contribution is 2.23. The summed E-state index contributed by atoms with van der Waals surface area (Å²) >= 11 is 6.07. The topological polar surface area (TPSA) is 46.8 Å². The molecule has 3 rings (SSSR count). The number of hydrogen-bond acceptors (Lipinski definition) is 2. The second-order valence-electron chi connectivity index (χ2n) is 6.26. The van der Waals surface area contributed by atoms with E-state index in [1.807, 2.05) is 38.1 Å². The molecule has 1 heterocycles. The van der Waals surface area contributed by atoms with Gasteiger partial charge in [-0.15, -0.1) is 0 Å². The first-order valence-electron chi connectivity index (χ1n) is 8.07. The molecule has 0 amide bonds. The van der Waals surface area contributed by atoms with Crippen molar-refractivity contribution < 1.29 is 9.73 Å². The summed E-state index contributed by atoms with van der Waals surface area (Å²) in [5, 5.41) is 3.95. The first-order valence-corrected chi connectivity index (χ1v) is 8.45. The first-order chi connectivity index (χ1) is 11.5. The molecular weight excluding hydrogens is 322 g/mol. The largest absolute Gasteiger partial charge is 0.422 e. The Morgan fingerprint density at radius 3 is 2.71 bits per heavy atom. The molecule has 0 spiro atoms. The standard InChI is InChI=1S/C20H20ClNO2/c1-12-7-8-18-16(10-19(23)24-20(18)13(12)2)11-22-14(3)15-5-4-6-17(21)9-15/h4-10,14,22H,11H2,1-3H3/p+1/t14-/m0/s1. The lowest BCUT2D eigenvalue weighted by molar-refractivity contribution is -0.707. The van der Waals surface area contributed by atoms with Crippen LogP contribution in [0.15, 0.2) is 51.7 Å². The summed E-state index contributed by atoms with van der Waals surface area (Å²) in [6.07, 6.45) is 0. The monoisotopic (exact) mass is 342 g/mol. The lowest BCUT2D eigenvalue weighted by Gasteiger charge is -2.13. The lowest BCUT2D eigenvalue weighted by Crippen LogP contribution is -2.83. The Labute approximate surface area is 146 Å². The van der Waals surface area contributed by atoms with Gasteiger partial charge in [0.05, 0.1) is 0 Å². The van der Waals surface area contributed by atoms with E-state index < -0.39 is 0 Å². The van der Waals surface area contributed by atoms with Crippen LogP contribution in [0.1, 0.15) is 35.2 Å². The van der Waals surface area contributed by atoms with Crippen LogP contribution < -0.4 is 10.9 Å². The summed E-state index contributed by atoms with van der Waals surface area (Å²) in [5.74, 6) is 0. The molecule has 124 valence electrons. The van der Waals surface area contributed by atoms with E-state index in [-0.39, 0.29) is 11.7 Å². The van der Waals surface area contributed by atoms with E-state index in [1.165, 1.54) is 5.56 Å². The van der Waals surface area contributed by atoms with Gasteiger partial charge in [-0.2, -0.15) is 0 Å². The smallest absolute Gasteiger partial charge is 0.336 e. The zero-order valence-electron chi connectivity index (χ0n) is 14.1. The van der Waals surface area contributed by atoms with Gasteiger partial charge in [0.1, 0.15) is 18.2 Å². The Kier molecular flexibility index (Phi) is 4.74. The minimum absolute atomic E-state index is 0.248. The van der Waals surface area contributed by atoms with E-state index in [4.69, 9.17) is 16.0 Å². The molecule has 4 heteroatoms. The number of nitrogens with two attached hydrogens (primary N) is 1. The van der Waals surface area contributed by atoms with Gasteiger partial charge in [0, 0.05) is 27.6 Å².